The minimum atomic E-state index is 0.153. The van der Waals surface area contributed by atoms with Crippen molar-refractivity contribution >= 4 is 11.8 Å². The van der Waals surface area contributed by atoms with Crippen LogP contribution < -0.4 is 0 Å². The van der Waals surface area contributed by atoms with Crippen LogP contribution in [0.25, 0.3) is 0 Å². The van der Waals surface area contributed by atoms with Crippen LogP contribution in [0.3, 0.4) is 0 Å². The number of rotatable bonds is 5. The van der Waals surface area contributed by atoms with Gasteiger partial charge in [0.1, 0.15) is 0 Å². The summed E-state index contributed by atoms with van der Waals surface area (Å²) in [6, 6.07) is 0. The summed E-state index contributed by atoms with van der Waals surface area (Å²) in [7, 11) is 1.46. The topological polar surface area (TPSA) is 54.7 Å². The second-order valence-electron chi connectivity index (χ2n) is 3.63. The third-order valence-electron chi connectivity index (χ3n) is 1.69. The Hall–Kier alpha value is -2.10. The lowest BCUT2D eigenvalue weighted by molar-refractivity contribution is 0.328. The van der Waals surface area contributed by atoms with Crippen molar-refractivity contribution in [2.45, 2.75) is 48.5 Å². The fourth-order valence-corrected chi connectivity index (χ4v) is 0.768. The predicted molar refractivity (Wildman–Crippen MR) is 105 cm³/mol. The molecule has 0 unspecified atom stereocenters. The Morgan fingerprint density at radius 2 is 1.52 bits per heavy atom. The van der Waals surface area contributed by atoms with Crippen molar-refractivity contribution in [3.05, 3.63) is 49.2 Å². The molecule has 0 radical (unpaired) electrons. The Bertz CT molecular complexity index is 394. The summed E-state index contributed by atoms with van der Waals surface area (Å²) >= 11 is 0. The highest BCUT2D eigenvalue weighted by atomic mass is 16.5. The van der Waals surface area contributed by atoms with E-state index in [2.05, 4.69) is 36.0 Å². The zero-order valence-corrected chi connectivity index (χ0v) is 16.4. The summed E-state index contributed by atoms with van der Waals surface area (Å²) in [6.07, 6.45) is 1.61. The van der Waals surface area contributed by atoms with Crippen LogP contribution in [-0.2, 0) is 9.47 Å². The molecule has 0 rings (SSSR count). The van der Waals surface area contributed by atoms with Crippen LogP contribution in [0, 0.1) is 5.41 Å². The SMILES string of the molecule is C=C(C)C(=N)OC.C=CC(=C)C(=NC(=C)C)OCC.CC.CC. The Kier molecular flexibility index (Phi) is 28.0. The van der Waals surface area contributed by atoms with Gasteiger partial charge in [0.15, 0.2) is 0 Å². The Morgan fingerprint density at radius 1 is 1.09 bits per heavy atom. The van der Waals surface area contributed by atoms with Gasteiger partial charge in [0, 0.05) is 16.8 Å². The first-order chi connectivity index (χ1) is 10.8. The van der Waals surface area contributed by atoms with Gasteiger partial charge < -0.3 is 9.47 Å². The molecule has 0 aromatic heterocycles. The van der Waals surface area contributed by atoms with Crippen molar-refractivity contribution in [3.8, 4) is 0 Å². The highest BCUT2D eigenvalue weighted by molar-refractivity contribution is 5.96. The maximum atomic E-state index is 6.87. The van der Waals surface area contributed by atoms with E-state index >= 15 is 0 Å². The minimum absolute atomic E-state index is 0.153. The quantitative estimate of drug-likeness (QED) is 0.387. The number of hydrogen-bond donors (Lipinski definition) is 1. The molecule has 0 amide bonds. The molecule has 0 aromatic rings. The van der Waals surface area contributed by atoms with E-state index in [1.165, 1.54) is 7.11 Å². The van der Waals surface area contributed by atoms with Crippen molar-refractivity contribution < 1.29 is 9.47 Å². The molecular formula is C19H36N2O2. The standard InChI is InChI=1S/C10H15NO.C5H9NO.2C2H6/c1-6-9(5)10(12-7-2)11-8(3)4;1-4(2)5(6)7-3;2*1-2/h6H,1,3,5,7H2,2,4H3;6H,1H2,2-3H3;2*1-2H3. The number of nitrogens with one attached hydrogen (secondary N) is 1. The smallest absolute Gasteiger partial charge is 0.220 e. The van der Waals surface area contributed by atoms with E-state index < -0.39 is 0 Å². The molecule has 1 N–H and O–H groups in total. The lowest BCUT2D eigenvalue weighted by Crippen LogP contribution is -2.05. The van der Waals surface area contributed by atoms with Gasteiger partial charge in [-0.15, -0.1) is 0 Å². The number of allylic oxidation sites excluding steroid dienone is 1. The molecule has 4 nitrogen and oxygen atoms in total. The summed E-state index contributed by atoms with van der Waals surface area (Å²) in [6.45, 7) is 28.4. The largest absolute Gasteiger partial charge is 0.481 e. The van der Waals surface area contributed by atoms with Crippen molar-refractivity contribution in [3.63, 3.8) is 0 Å². The Balaban J connectivity index is -0.000000140. The van der Waals surface area contributed by atoms with Crippen LogP contribution in [0.15, 0.2) is 54.2 Å². The predicted octanol–water partition coefficient (Wildman–Crippen LogP) is 5.94. The van der Waals surface area contributed by atoms with Gasteiger partial charge in [-0.3, -0.25) is 5.41 Å². The summed E-state index contributed by atoms with van der Waals surface area (Å²) in [5, 5.41) is 6.87. The summed E-state index contributed by atoms with van der Waals surface area (Å²) in [5.74, 6) is 0.653. The lowest BCUT2D eigenvalue weighted by atomic mass is 10.3. The van der Waals surface area contributed by atoms with Crippen LogP contribution in [-0.4, -0.2) is 25.5 Å². The van der Waals surface area contributed by atoms with E-state index in [-0.39, 0.29) is 5.90 Å². The highest BCUT2D eigenvalue weighted by Crippen LogP contribution is 2.02. The fourth-order valence-electron chi connectivity index (χ4n) is 0.768. The molecule has 4 heteroatoms. The lowest BCUT2D eigenvalue weighted by Gasteiger charge is -2.06. The molecule has 23 heavy (non-hydrogen) atoms. The first kappa shape index (κ1) is 29.0. The summed E-state index contributed by atoms with van der Waals surface area (Å²) in [5.41, 5.74) is 2.03. The normalized spacial score (nSPS) is 8.43. The number of nitrogens with zero attached hydrogens (tertiary/aromatic N) is 1. The first-order valence-corrected chi connectivity index (χ1v) is 7.77. The molecule has 0 bridgehead atoms. The summed E-state index contributed by atoms with van der Waals surface area (Å²) < 4.78 is 9.72. The van der Waals surface area contributed by atoms with Crippen LogP contribution in [0.4, 0.5) is 0 Å². The maximum absolute atomic E-state index is 6.87. The van der Waals surface area contributed by atoms with E-state index in [1.807, 2.05) is 34.6 Å². The van der Waals surface area contributed by atoms with Gasteiger partial charge in [0.05, 0.1) is 13.7 Å². The van der Waals surface area contributed by atoms with Crippen molar-refractivity contribution in [1.82, 2.24) is 0 Å². The minimum Gasteiger partial charge on any atom is -0.481 e. The molecule has 134 valence electrons. The third-order valence-corrected chi connectivity index (χ3v) is 1.69. The monoisotopic (exact) mass is 324 g/mol. The number of aliphatic imine (C=N–C) groups is 1. The van der Waals surface area contributed by atoms with Gasteiger partial charge in [-0.05, 0) is 20.8 Å². The van der Waals surface area contributed by atoms with Gasteiger partial charge >= 0.3 is 0 Å². The molecule has 0 aliphatic heterocycles. The van der Waals surface area contributed by atoms with E-state index in [4.69, 9.17) is 10.1 Å². The maximum Gasteiger partial charge on any atom is 0.220 e. The van der Waals surface area contributed by atoms with Gasteiger partial charge in [-0.2, -0.15) is 0 Å². The molecule has 0 aliphatic carbocycles. The number of hydrogen-bond acceptors (Lipinski definition) is 4. The van der Waals surface area contributed by atoms with E-state index in [9.17, 15) is 0 Å². The molecule has 0 saturated heterocycles. The average Bonchev–Trinajstić information content (AvgIpc) is 2.56. The molecule has 0 heterocycles. The van der Waals surface area contributed by atoms with Gasteiger partial charge in [0.2, 0.25) is 11.8 Å². The van der Waals surface area contributed by atoms with Gasteiger partial charge in [-0.1, -0.05) is 60.1 Å². The molecule has 0 spiro atoms. The second-order valence-corrected chi connectivity index (χ2v) is 3.63. The number of ether oxygens (including phenoxy) is 2. The summed E-state index contributed by atoms with van der Waals surface area (Å²) in [4.78, 5) is 4.07. The van der Waals surface area contributed by atoms with Crippen LogP contribution in [0.2, 0.25) is 0 Å². The fraction of sp³-hybridized carbons (Fsp3) is 0.474. The van der Waals surface area contributed by atoms with Crippen LogP contribution in [0.5, 0.6) is 0 Å². The molecular weight excluding hydrogens is 288 g/mol. The van der Waals surface area contributed by atoms with Crippen molar-refractivity contribution in [1.29, 1.82) is 5.41 Å². The second kappa shape index (κ2) is 22.2. The highest BCUT2D eigenvalue weighted by Gasteiger charge is 2.00. The average molecular weight is 325 g/mol. The van der Waals surface area contributed by atoms with Gasteiger partial charge in [0.25, 0.3) is 0 Å². The van der Waals surface area contributed by atoms with Crippen LogP contribution >= 0.6 is 0 Å². The molecule has 0 fully saturated rings. The molecule has 0 saturated carbocycles. The third kappa shape index (κ3) is 22.3. The first-order valence-electron chi connectivity index (χ1n) is 7.77. The van der Waals surface area contributed by atoms with E-state index in [0.717, 1.165) is 0 Å². The molecule has 0 atom stereocenters. The van der Waals surface area contributed by atoms with E-state index in [1.54, 1.807) is 19.9 Å². The van der Waals surface area contributed by atoms with Crippen molar-refractivity contribution in [2.24, 2.45) is 4.99 Å². The molecule has 0 aliphatic rings. The van der Waals surface area contributed by atoms with Gasteiger partial charge in [-0.25, -0.2) is 4.99 Å². The van der Waals surface area contributed by atoms with E-state index in [0.29, 0.717) is 29.3 Å². The zero-order valence-electron chi connectivity index (χ0n) is 16.4. The van der Waals surface area contributed by atoms with Crippen LogP contribution in [0.1, 0.15) is 48.5 Å². The Morgan fingerprint density at radius 3 is 1.70 bits per heavy atom. The molecule has 0 aromatic carbocycles. The zero-order chi connectivity index (χ0) is 19.4. The Labute approximate surface area is 143 Å². The number of methoxy groups -OCH3 is 1. The van der Waals surface area contributed by atoms with Crippen molar-refractivity contribution in [2.75, 3.05) is 13.7 Å².